The fourth-order valence-corrected chi connectivity index (χ4v) is 3.25. The smallest absolute Gasteiger partial charge is 0.193 e. The number of phenolic OH excluding ortho intramolecular Hbond substituents is 1. The van der Waals surface area contributed by atoms with Crippen LogP contribution in [-0.4, -0.2) is 20.4 Å². The summed E-state index contributed by atoms with van der Waals surface area (Å²) in [5.74, 6) is -0.0499. The number of phenols is 1. The molecule has 1 aromatic carbocycles. The highest BCUT2D eigenvalue weighted by molar-refractivity contribution is 7.12. The van der Waals surface area contributed by atoms with E-state index in [1.54, 1.807) is 41.8 Å². The van der Waals surface area contributed by atoms with Gasteiger partial charge in [0.15, 0.2) is 10.9 Å². The zero-order valence-electron chi connectivity index (χ0n) is 12.9. The number of benzene rings is 1. The Hall–Kier alpha value is -2.66. The number of allylic oxidation sites excluding steroid dienone is 1. The van der Waals surface area contributed by atoms with Gasteiger partial charge in [-0.05, 0) is 49.8 Å². The predicted molar refractivity (Wildman–Crippen MR) is 92.4 cm³/mol. The highest BCUT2D eigenvalue weighted by atomic mass is 32.1. The fraction of sp³-hybridized carbons (Fsp3) is 0.111. The first-order valence-corrected chi connectivity index (χ1v) is 8.04. The Morgan fingerprint density at radius 2 is 2.13 bits per heavy atom. The van der Waals surface area contributed by atoms with E-state index in [0.717, 1.165) is 22.1 Å². The van der Waals surface area contributed by atoms with Gasteiger partial charge in [-0.2, -0.15) is 0 Å². The van der Waals surface area contributed by atoms with E-state index in [1.165, 1.54) is 12.1 Å². The summed E-state index contributed by atoms with van der Waals surface area (Å²) in [4.78, 5) is 16.5. The third kappa shape index (κ3) is 3.10. The van der Waals surface area contributed by atoms with Gasteiger partial charge in [-0.3, -0.25) is 9.36 Å². The molecule has 0 fully saturated rings. The molecule has 0 unspecified atom stereocenters. The minimum Gasteiger partial charge on any atom is -0.508 e. The van der Waals surface area contributed by atoms with Crippen molar-refractivity contribution < 1.29 is 9.90 Å². The molecule has 0 bridgehead atoms. The van der Waals surface area contributed by atoms with Crippen molar-refractivity contribution in [3.8, 4) is 10.9 Å². The van der Waals surface area contributed by atoms with Gasteiger partial charge < -0.3 is 5.11 Å². The molecular formula is C18H16N2O2S. The molecule has 1 N–H and O–H groups in total. The van der Waals surface area contributed by atoms with E-state index in [2.05, 4.69) is 9.55 Å². The van der Waals surface area contributed by atoms with Crippen molar-refractivity contribution in [2.24, 2.45) is 0 Å². The van der Waals surface area contributed by atoms with Crippen LogP contribution in [0.3, 0.4) is 0 Å². The molecule has 0 spiro atoms. The van der Waals surface area contributed by atoms with Crippen LogP contribution in [0.5, 0.6) is 5.75 Å². The molecule has 5 heteroatoms. The van der Waals surface area contributed by atoms with Crippen LogP contribution in [-0.2, 0) is 0 Å². The average molecular weight is 324 g/mol. The van der Waals surface area contributed by atoms with Crippen LogP contribution in [0.15, 0.2) is 48.0 Å². The van der Waals surface area contributed by atoms with Gasteiger partial charge in [0, 0.05) is 28.5 Å². The number of aromatic hydroxyl groups is 1. The van der Waals surface area contributed by atoms with E-state index in [-0.39, 0.29) is 11.5 Å². The maximum absolute atomic E-state index is 12.2. The number of hydrogen-bond acceptors (Lipinski definition) is 4. The Kier molecular flexibility index (Phi) is 4.12. The zero-order chi connectivity index (χ0) is 16.4. The van der Waals surface area contributed by atoms with Crippen molar-refractivity contribution in [1.82, 2.24) is 9.55 Å². The van der Waals surface area contributed by atoms with Crippen LogP contribution >= 0.6 is 11.3 Å². The maximum Gasteiger partial charge on any atom is 0.193 e. The van der Waals surface area contributed by atoms with Crippen LogP contribution in [0.2, 0.25) is 0 Å². The van der Waals surface area contributed by atoms with E-state index < -0.39 is 0 Å². The number of aromatic nitrogens is 2. The summed E-state index contributed by atoms with van der Waals surface area (Å²) in [5, 5.41) is 12.3. The number of hydrogen-bond donors (Lipinski definition) is 1. The molecule has 23 heavy (non-hydrogen) atoms. The third-order valence-electron chi connectivity index (χ3n) is 3.63. The van der Waals surface area contributed by atoms with Crippen LogP contribution in [0.25, 0.3) is 11.2 Å². The first-order chi connectivity index (χ1) is 11.1. The first-order valence-electron chi connectivity index (χ1n) is 7.16. The minimum absolute atomic E-state index is 0.0891. The molecule has 0 aliphatic carbocycles. The van der Waals surface area contributed by atoms with E-state index in [9.17, 15) is 9.90 Å². The summed E-state index contributed by atoms with van der Waals surface area (Å²) in [6.45, 7) is 4.02. The van der Waals surface area contributed by atoms with Gasteiger partial charge in [0.05, 0.1) is 0 Å². The molecule has 0 radical (unpaired) electrons. The molecule has 3 aromatic rings. The van der Waals surface area contributed by atoms with Gasteiger partial charge >= 0.3 is 0 Å². The lowest BCUT2D eigenvalue weighted by molar-refractivity contribution is 0.104. The van der Waals surface area contributed by atoms with Gasteiger partial charge in [0.25, 0.3) is 0 Å². The highest BCUT2D eigenvalue weighted by Crippen LogP contribution is 2.23. The third-order valence-corrected chi connectivity index (χ3v) is 4.38. The van der Waals surface area contributed by atoms with Crippen molar-refractivity contribution in [1.29, 1.82) is 0 Å². The van der Waals surface area contributed by atoms with E-state index in [0.29, 0.717) is 5.56 Å². The van der Waals surface area contributed by atoms with Crippen LogP contribution < -0.4 is 0 Å². The molecule has 0 amide bonds. The number of ketones is 1. The van der Waals surface area contributed by atoms with E-state index in [4.69, 9.17) is 0 Å². The second-order valence-corrected chi connectivity index (χ2v) is 6.10. The SMILES string of the molecule is Cc1cc(/C=C/C(=O)c2cccc(O)c2)c(C)n1-c1nccs1. The van der Waals surface area contributed by atoms with Gasteiger partial charge in [-0.1, -0.05) is 12.1 Å². The Morgan fingerprint density at radius 3 is 2.83 bits per heavy atom. The van der Waals surface area contributed by atoms with Crippen molar-refractivity contribution >= 4 is 23.2 Å². The standard InChI is InChI=1S/C18H16N2O2S/c1-12-10-14(13(2)20(12)18-19-8-9-23-18)6-7-17(22)15-4-3-5-16(21)11-15/h3-11,21H,1-2H3/b7-6+. The molecule has 0 saturated heterocycles. The monoisotopic (exact) mass is 324 g/mol. The van der Waals surface area contributed by atoms with Crippen molar-refractivity contribution in [2.75, 3.05) is 0 Å². The molecule has 0 aliphatic heterocycles. The number of aryl methyl sites for hydroxylation is 1. The molecule has 3 rings (SSSR count). The van der Waals surface area contributed by atoms with Crippen molar-refractivity contribution in [3.63, 3.8) is 0 Å². The normalized spacial score (nSPS) is 11.2. The van der Waals surface area contributed by atoms with Gasteiger partial charge in [-0.15, -0.1) is 11.3 Å². The molecule has 0 aliphatic rings. The summed E-state index contributed by atoms with van der Waals surface area (Å²) in [6.07, 6.45) is 5.11. The molecule has 2 aromatic heterocycles. The highest BCUT2D eigenvalue weighted by Gasteiger charge is 2.11. The Balaban J connectivity index is 1.89. The molecule has 0 saturated carbocycles. The average Bonchev–Trinajstić information content (AvgIpc) is 3.13. The Bertz CT molecular complexity index is 877. The number of thiazole rings is 1. The second-order valence-electron chi connectivity index (χ2n) is 5.22. The summed E-state index contributed by atoms with van der Waals surface area (Å²) in [7, 11) is 0. The van der Waals surface area contributed by atoms with Crippen LogP contribution in [0, 0.1) is 13.8 Å². The number of carbonyl (C=O) groups is 1. The number of carbonyl (C=O) groups excluding carboxylic acids is 1. The largest absolute Gasteiger partial charge is 0.508 e. The fourth-order valence-electron chi connectivity index (χ4n) is 2.50. The number of rotatable bonds is 4. The van der Waals surface area contributed by atoms with Gasteiger partial charge in [0.2, 0.25) is 0 Å². The topological polar surface area (TPSA) is 55.1 Å². The van der Waals surface area contributed by atoms with Crippen LogP contribution in [0.1, 0.15) is 27.3 Å². The maximum atomic E-state index is 12.2. The summed E-state index contributed by atoms with van der Waals surface area (Å²) in [6, 6.07) is 8.38. The van der Waals surface area contributed by atoms with Crippen LogP contribution in [0.4, 0.5) is 0 Å². The molecule has 2 heterocycles. The lowest BCUT2D eigenvalue weighted by Gasteiger charge is -2.04. The quantitative estimate of drug-likeness (QED) is 0.579. The van der Waals surface area contributed by atoms with Gasteiger partial charge in [0.1, 0.15) is 5.75 Å². The summed E-state index contributed by atoms with van der Waals surface area (Å²) >= 11 is 1.57. The summed E-state index contributed by atoms with van der Waals surface area (Å²) in [5.41, 5.74) is 3.56. The van der Waals surface area contributed by atoms with Crippen molar-refractivity contribution in [2.45, 2.75) is 13.8 Å². The van der Waals surface area contributed by atoms with E-state index in [1.807, 2.05) is 25.3 Å². The van der Waals surface area contributed by atoms with Gasteiger partial charge in [-0.25, -0.2) is 4.98 Å². The van der Waals surface area contributed by atoms with E-state index >= 15 is 0 Å². The minimum atomic E-state index is -0.139. The lowest BCUT2D eigenvalue weighted by Crippen LogP contribution is -1.98. The molecule has 0 atom stereocenters. The predicted octanol–water partition coefficient (Wildman–Crippen LogP) is 4.15. The Labute approximate surface area is 138 Å². The second kappa shape index (κ2) is 6.22. The Morgan fingerprint density at radius 1 is 1.30 bits per heavy atom. The zero-order valence-corrected chi connectivity index (χ0v) is 13.7. The first kappa shape index (κ1) is 15.2. The number of nitrogens with zero attached hydrogens (tertiary/aromatic N) is 2. The molecule has 4 nitrogen and oxygen atoms in total. The van der Waals surface area contributed by atoms with Crippen molar-refractivity contribution in [3.05, 3.63) is 70.5 Å². The molecular weight excluding hydrogens is 308 g/mol. The molecule has 116 valence electrons. The summed E-state index contributed by atoms with van der Waals surface area (Å²) < 4.78 is 2.07. The lowest BCUT2D eigenvalue weighted by atomic mass is 10.1.